The van der Waals surface area contributed by atoms with Crippen LogP contribution in [0.4, 0.5) is 0 Å². The number of benzene rings is 1. The molecule has 0 aliphatic heterocycles. The van der Waals surface area contributed by atoms with Crippen LogP contribution in [-0.2, 0) is 10.0 Å². The number of nitrogens with two attached hydrogens (primary N) is 1. The first-order valence-corrected chi connectivity index (χ1v) is 6.19. The number of sulfonamides is 1. The van der Waals surface area contributed by atoms with E-state index in [0.717, 1.165) is 0 Å². The number of ether oxygens (including phenoxy) is 1. The van der Waals surface area contributed by atoms with E-state index in [0.29, 0.717) is 24.3 Å². The fourth-order valence-corrected chi connectivity index (χ4v) is 1.78. The zero-order valence-electron chi connectivity index (χ0n) is 8.93. The van der Waals surface area contributed by atoms with E-state index >= 15 is 0 Å². The smallest absolute Gasteiger partial charge is 0.238 e. The molecule has 0 unspecified atom stereocenters. The molecule has 1 aromatic carbocycles. The molecule has 1 aromatic rings. The molecule has 0 aliphatic rings. The van der Waals surface area contributed by atoms with Crippen LogP contribution in [0.1, 0.15) is 12.0 Å². The molecule has 0 bridgehead atoms. The minimum Gasteiger partial charge on any atom is -0.492 e. The van der Waals surface area contributed by atoms with Crippen molar-refractivity contribution in [2.75, 3.05) is 6.61 Å². The Hall–Kier alpha value is -1.51. The lowest BCUT2D eigenvalue weighted by Crippen LogP contribution is -2.12. The second-order valence-corrected chi connectivity index (χ2v) is 4.84. The largest absolute Gasteiger partial charge is 0.492 e. The van der Waals surface area contributed by atoms with Gasteiger partial charge in [0.15, 0.2) is 0 Å². The van der Waals surface area contributed by atoms with Crippen molar-refractivity contribution in [1.82, 2.24) is 0 Å². The van der Waals surface area contributed by atoms with Gasteiger partial charge in [-0.1, -0.05) is 0 Å². The SMILES string of the molecule is C#CCCOc1ccc(S(N)(=O)=O)cc1C. The third kappa shape index (κ3) is 3.26. The monoisotopic (exact) mass is 239 g/mol. The number of terminal acetylenes is 1. The van der Waals surface area contributed by atoms with Crippen molar-refractivity contribution in [3.05, 3.63) is 23.8 Å². The second kappa shape index (κ2) is 5.01. The summed E-state index contributed by atoms with van der Waals surface area (Å²) < 4.78 is 27.5. The molecule has 2 N–H and O–H groups in total. The van der Waals surface area contributed by atoms with E-state index < -0.39 is 10.0 Å². The molecule has 0 saturated heterocycles. The minimum absolute atomic E-state index is 0.0781. The Morgan fingerprint density at radius 2 is 2.19 bits per heavy atom. The molecule has 0 amide bonds. The third-order valence-corrected chi connectivity index (χ3v) is 2.89. The highest BCUT2D eigenvalue weighted by Crippen LogP contribution is 2.21. The van der Waals surface area contributed by atoms with Crippen LogP contribution >= 0.6 is 0 Å². The van der Waals surface area contributed by atoms with Crippen molar-refractivity contribution in [2.24, 2.45) is 5.14 Å². The highest BCUT2D eigenvalue weighted by molar-refractivity contribution is 7.89. The lowest BCUT2D eigenvalue weighted by molar-refractivity contribution is 0.325. The fourth-order valence-electron chi connectivity index (χ4n) is 1.18. The van der Waals surface area contributed by atoms with Crippen LogP contribution in [0.5, 0.6) is 5.75 Å². The predicted octanol–water partition coefficient (Wildman–Crippen LogP) is 1.04. The topological polar surface area (TPSA) is 69.4 Å². The van der Waals surface area contributed by atoms with Gasteiger partial charge in [0.1, 0.15) is 5.75 Å². The van der Waals surface area contributed by atoms with Crippen LogP contribution in [0.3, 0.4) is 0 Å². The van der Waals surface area contributed by atoms with Crippen LogP contribution < -0.4 is 9.88 Å². The summed E-state index contributed by atoms with van der Waals surface area (Å²) in [5.41, 5.74) is 0.712. The van der Waals surface area contributed by atoms with Gasteiger partial charge in [0.2, 0.25) is 10.0 Å². The Morgan fingerprint density at radius 3 is 2.69 bits per heavy atom. The van der Waals surface area contributed by atoms with Crippen LogP contribution in [0.2, 0.25) is 0 Å². The van der Waals surface area contributed by atoms with Gasteiger partial charge in [0.25, 0.3) is 0 Å². The third-order valence-electron chi connectivity index (χ3n) is 1.98. The van der Waals surface area contributed by atoms with E-state index in [9.17, 15) is 8.42 Å². The first-order chi connectivity index (χ1) is 7.45. The Balaban J connectivity index is 2.89. The number of hydrogen-bond donors (Lipinski definition) is 1. The Morgan fingerprint density at radius 1 is 1.50 bits per heavy atom. The summed E-state index contributed by atoms with van der Waals surface area (Å²) in [6, 6.07) is 4.46. The molecule has 0 aliphatic carbocycles. The molecule has 0 atom stereocenters. The summed E-state index contributed by atoms with van der Waals surface area (Å²) in [5, 5.41) is 5.00. The van der Waals surface area contributed by atoms with E-state index in [1.54, 1.807) is 13.0 Å². The van der Waals surface area contributed by atoms with Crippen molar-refractivity contribution in [2.45, 2.75) is 18.2 Å². The molecule has 0 radical (unpaired) electrons. The van der Waals surface area contributed by atoms with Crippen LogP contribution in [0.15, 0.2) is 23.1 Å². The maximum absolute atomic E-state index is 11.1. The first kappa shape index (κ1) is 12.6. The van der Waals surface area contributed by atoms with Crippen molar-refractivity contribution >= 4 is 10.0 Å². The average Bonchev–Trinajstić information content (AvgIpc) is 2.19. The molecule has 0 aromatic heterocycles. The van der Waals surface area contributed by atoms with Crippen molar-refractivity contribution in [3.8, 4) is 18.1 Å². The molecule has 16 heavy (non-hydrogen) atoms. The van der Waals surface area contributed by atoms with E-state index in [1.165, 1.54) is 12.1 Å². The van der Waals surface area contributed by atoms with Gasteiger partial charge in [-0.2, -0.15) is 0 Å². The Kier molecular flexibility index (Phi) is 3.93. The van der Waals surface area contributed by atoms with Gasteiger partial charge in [0.05, 0.1) is 11.5 Å². The van der Waals surface area contributed by atoms with Crippen molar-refractivity contribution in [1.29, 1.82) is 0 Å². The van der Waals surface area contributed by atoms with Gasteiger partial charge < -0.3 is 4.74 Å². The van der Waals surface area contributed by atoms with Crippen LogP contribution in [-0.4, -0.2) is 15.0 Å². The van der Waals surface area contributed by atoms with Crippen LogP contribution in [0, 0.1) is 19.3 Å². The van der Waals surface area contributed by atoms with E-state index in [1.807, 2.05) is 0 Å². The minimum atomic E-state index is -3.66. The van der Waals surface area contributed by atoms with E-state index in [-0.39, 0.29) is 4.90 Å². The standard InChI is InChI=1S/C11H13NO3S/c1-3-4-7-15-11-6-5-10(8-9(11)2)16(12,13)14/h1,5-6,8H,4,7H2,2H3,(H2,12,13,14). The van der Waals surface area contributed by atoms with E-state index in [2.05, 4.69) is 5.92 Å². The lowest BCUT2D eigenvalue weighted by atomic mass is 10.2. The molecule has 86 valence electrons. The van der Waals surface area contributed by atoms with Crippen molar-refractivity contribution in [3.63, 3.8) is 0 Å². The molecule has 5 heteroatoms. The lowest BCUT2D eigenvalue weighted by Gasteiger charge is -2.08. The fraction of sp³-hybridized carbons (Fsp3) is 0.273. The zero-order valence-corrected chi connectivity index (χ0v) is 9.75. The molecule has 4 nitrogen and oxygen atoms in total. The summed E-state index contributed by atoms with van der Waals surface area (Å²) in [7, 11) is -3.66. The number of rotatable bonds is 4. The van der Waals surface area contributed by atoms with Crippen LogP contribution in [0.25, 0.3) is 0 Å². The summed E-state index contributed by atoms with van der Waals surface area (Å²) in [6.45, 7) is 2.16. The van der Waals surface area contributed by atoms with E-state index in [4.69, 9.17) is 16.3 Å². The van der Waals surface area contributed by atoms with Gasteiger partial charge in [-0.25, -0.2) is 13.6 Å². The predicted molar refractivity (Wildman–Crippen MR) is 61.5 cm³/mol. The first-order valence-electron chi connectivity index (χ1n) is 4.65. The number of primary sulfonamides is 1. The zero-order chi connectivity index (χ0) is 12.2. The molecule has 0 fully saturated rings. The Bertz CT molecular complexity index is 515. The summed E-state index contributed by atoms with van der Waals surface area (Å²) in [5.74, 6) is 3.07. The second-order valence-electron chi connectivity index (χ2n) is 3.27. The molecular formula is C11H13NO3S. The molecule has 1 rings (SSSR count). The van der Waals surface area contributed by atoms with Gasteiger partial charge in [-0.15, -0.1) is 12.3 Å². The number of aryl methyl sites for hydroxylation is 1. The summed E-state index contributed by atoms with van der Waals surface area (Å²) in [6.07, 6.45) is 5.60. The molecule has 0 spiro atoms. The summed E-state index contributed by atoms with van der Waals surface area (Å²) in [4.78, 5) is 0.0781. The number of hydrogen-bond acceptors (Lipinski definition) is 3. The van der Waals surface area contributed by atoms with Crippen molar-refractivity contribution < 1.29 is 13.2 Å². The molecule has 0 heterocycles. The quantitative estimate of drug-likeness (QED) is 0.630. The molecular weight excluding hydrogens is 226 g/mol. The van der Waals surface area contributed by atoms with Gasteiger partial charge in [-0.05, 0) is 30.7 Å². The average molecular weight is 239 g/mol. The normalized spacial score (nSPS) is 10.8. The summed E-state index contributed by atoms with van der Waals surface area (Å²) >= 11 is 0. The van der Waals surface area contributed by atoms with Gasteiger partial charge >= 0.3 is 0 Å². The van der Waals surface area contributed by atoms with Gasteiger partial charge in [0, 0.05) is 6.42 Å². The highest BCUT2D eigenvalue weighted by atomic mass is 32.2. The molecule has 0 saturated carbocycles. The maximum Gasteiger partial charge on any atom is 0.238 e. The highest BCUT2D eigenvalue weighted by Gasteiger charge is 2.09. The Labute approximate surface area is 95.5 Å². The van der Waals surface area contributed by atoms with Gasteiger partial charge in [-0.3, -0.25) is 0 Å². The maximum atomic E-state index is 11.1.